The lowest BCUT2D eigenvalue weighted by Gasteiger charge is -2.32. The largest absolute Gasteiger partial charge is 0.489 e. The molecule has 5 nitrogen and oxygen atoms in total. The molecule has 0 fully saturated rings. The van der Waals surface area contributed by atoms with Crippen LogP contribution in [0, 0.1) is 5.92 Å². The fourth-order valence-electron chi connectivity index (χ4n) is 5.61. The summed E-state index contributed by atoms with van der Waals surface area (Å²) in [5, 5.41) is 4.47. The van der Waals surface area contributed by atoms with Gasteiger partial charge in [0.1, 0.15) is 12.4 Å². The van der Waals surface area contributed by atoms with Crippen LogP contribution in [0.4, 0.5) is 0 Å². The van der Waals surface area contributed by atoms with Gasteiger partial charge >= 0.3 is 0 Å². The zero-order valence-electron chi connectivity index (χ0n) is 24.1. The Balaban J connectivity index is 1.41. The van der Waals surface area contributed by atoms with Gasteiger partial charge in [0, 0.05) is 24.0 Å². The van der Waals surface area contributed by atoms with E-state index >= 15 is 0 Å². The summed E-state index contributed by atoms with van der Waals surface area (Å²) < 4.78 is 8.14. The molecular formula is C35H41N3O2. The number of ether oxygens (including phenoxy) is 1. The zero-order chi connectivity index (χ0) is 27.9. The third-order valence-electron chi connectivity index (χ3n) is 7.93. The molecule has 40 heavy (non-hydrogen) atoms. The zero-order valence-corrected chi connectivity index (χ0v) is 24.1. The normalized spacial score (nSPS) is 18.4. The molecule has 208 valence electrons. The Bertz CT molecular complexity index is 1400. The van der Waals surface area contributed by atoms with Gasteiger partial charge in [-0.1, -0.05) is 68.5 Å². The molecule has 3 aliphatic carbocycles. The van der Waals surface area contributed by atoms with Gasteiger partial charge in [0.15, 0.2) is 0 Å². The van der Waals surface area contributed by atoms with E-state index in [1.165, 1.54) is 11.1 Å². The number of nitrogens with zero attached hydrogens (tertiary/aromatic N) is 3. The van der Waals surface area contributed by atoms with E-state index in [1.807, 2.05) is 22.0 Å². The van der Waals surface area contributed by atoms with Crippen molar-refractivity contribution in [2.75, 3.05) is 6.61 Å². The van der Waals surface area contributed by atoms with E-state index in [0.29, 0.717) is 19.1 Å². The first-order valence-corrected chi connectivity index (χ1v) is 14.7. The summed E-state index contributed by atoms with van der Waals surface area (Å²) >= 11 is 0. The van der Waals surface area contributed by atoms with Crippen LogP contribution in [0.2, 0.25) is 0 Å². The minimum atomic E-state index is -0.204. The van der Waals surface area contributed by atoms with Gasteiger partial charge in [0.05, 0.1) is 18.7 Å². The predicted molar refractivity (Wildman–Crippen MR) is 162 cm³/mol. The number of allylic oxidation sites excluding steroid dienone is 9. The number of benzene rings is 1. The fourth-order valence-corrected chi connectivity index (χ4v) is 5.61. The molecule has 1 aromatic carbocycles. The van der Waals surface area contributed by atoms with Gasteiger partial charge in [0.2, 0.25) is 5.91 Å². The Morgan fingerprint density at radius 1 is 1.12 bits per heavy atom. The van der Waals surface area contributed by atoms with E-state index in [4.69, 9.17) is 4.74 Å². The summed E-state index contributed by atoms with van der Waals surface area (Å²) in [5.74, 6) is 1.21. The van der Waals surface area contributed by atoms with Crippen molar-refractivity contribution in [3.63, 3.8) is 0 Å². The Kier molecular flexibility index (Phi) is 9.00. The van der Waals surface area contributed by atoms with Crippen molar-refractivity contribution in [3.05, 3.63) is 119 Å². The number of aryl methyl sites for hydroxylation is 2. The Morgan fingerprint density at radius 2 is 2.02 bits per heavy atom. The molecule has 5 rings (SSSR count). The van der Waals surface area contributed by atoms with Crippen molar-refractivity contribution in [2.45, 2.75) is 71.9 Å². The Morgan fingerprint density at radius 3 is 2.85 bits per heavy atom. The van der Waals surface area contributed by atoms with Crippen LogP contribution >= 0.6 is 0 Å². The molecule has 5 heteroatoms. The molecule has 1 aromatic heterocycles. The van der Waals surface area contributed by atoms with E-state index in [0.717, 1.165) is 66.8 Å². The highest BCUT2D eigenvalue weighted by Crippen LogP contribution is 2.37. The second kappa shape index (κ2) is 13.0. The Labute approximate surface area is 238 Å². The van der Waals surface area contributed by atoms with Gasteiger partial charge in [-0.05, 0) is 85.4 Å². The second-order valence-electron chi connectivity index (χ2n) is 11.1. The lowest BCUT2D eigenvalue weighted by Crippen LogP contribution is -2.35. The molecule has 0 aliphatic heterocycles. The molecule has 0 radical (unpaired) electrons. The number of rotatable bonds is 9. The molecule has 0 N–H and O–H groups in total. The Hall–Kier alpha value is -3.86. The lowest BCUT2D eigenvalue weighted by molar-refractivity contribution is -0.131. The molecule has 0 saturated heterocycles. The summed E-state index contributed by atoms with van der Waals surface area (Å²) in [6.45, 7) is 8.32. The number of aromatic nitrogens is 2. The first-order valence-electron chi connectivity index (χ1n) is 14.7. The molecule has 0 spiro atoms. The van der Waals surface area contributed by atoms with Crippen LogP contribution in [0.15, 0.2) is 102 Å². The van der Waals surface area contributed by atoms with Crippen LogP contribution in [-0.2, 0) is 24.3 Å². The average molecular weight is 536 g/mol. The van der Waals surface area contributed by atoms with Crippen molar-refractivity contribution >= 4 is 5.91 Å². The topological polar surface area (TPSA) is 47.4 Å². The standard InChI is InChI=1S/C35H41N3O2/c1-4-37-23-28(22-36-37)24-38(31-15-9-13-29(17-19-31)26(2)3)35(39)33-16-10-14-30-18-20-32(21-34(30)33)40-25-27-11-7-5-6-8-12-27/h5-7,11-13,15,17-23,26,33H,4,8-10,14,16,24-25H2,1-3H3. The molecular weight excluding hydrogens is 494 g/mol. The van der Waals surface area contributed by atoms with Gasteiger partial charge in [-0.25, -0.2) is 0 Å². The third kappa shape index (κ3) is 6.64. The molecule has 0 saturated carbocycles. The summed E-state index contributed by atoms with van der Waals surface area (Å²) in [4.78, 5) is 16.4. The minimum Gasteiger partial charge on any atom is -0.489 e. The van der Waals surface area contributed by atoms with Crippen LogP contribution in [-0.4, -0.2) is 27.2 Å². The lowest BCUT2D eigenvalue weighted by atomic mass is 9.81. The average Bonchev–Trinajstić information content (AvgIpc) is 3.13. The number of hydrogen-bond acceptors (Lipinski definition) is 3. The smallest absolute Gasteiger partial charge is 0.234 e. The fraction of sp³-hybridized carbons (Fsp3) is 0.371. The number of fused-ring (bicyclic) bond motifs is 1. The van der Waals surface area contributed by atoms with Gasteiger partial charge in [0.25, 0.3) is 0 Å². The maximum atomic E-state index is 14.5. The number of hydrogen-bond donors (Lipinski definition) is 0. The number of carbonyl (C=O) groups is 1. The van der Waals surface area contributed by atoms with E-state index < -0.39 is 0 Å². The van der Waals surface area contributed by atoms with Crippen molar-refractivity contribution in [2.24, 2.45) is 5.92 Å². The van der Waals surface area contributed by atoms with Gasteiger partial charge in [-0.3, -0.25) is 9.48 Å². The minimum absolute atomic E-state index is 0.145. The maximum Gasteiger partial charge on any atom is 0.234 e. The van der Waals surface area contributed by atoms with Crippen molar-refractivity contribution in [1.29, 1.82) is 0 Å². The molecule has 1 atom stereocenters. The molecule has 3 aliphatic rings. The van der Waals surface area contributed by atoms with Crippen molar-refractivity contribution in [3.8, 4) is 5.75 Å². The van der Waals surface area contributed by atoms with Crippen molar-refractivity contribution in [1.82, 2.24) is 14.7 Å². The summed E-state index contributed by atoms with van der Waals surface area (Å²) in [7, 11) is 0. The van der Waals surface area contributed by atoms with Crippen LogP contribution < -0.4 is 4.74 Å². The van der Waals surface area contributed by atoms with Gasteiger partial charge in [-0.15, -0.1) is 0 Å². The predicted octanol–water partition coefficient (Wildman–Crippen LogP) is 7.60. The van der Waals surface area contributed by atoms with E-state index in [1.54, 1.807) is 0 Å². The highest BCUT2D eigenvalue weighted by Gasteiger charge is 2.32. The van der Waals surface area contributed by atoms with E-state index in [9.17, 15) is 4.79 Å². The number of amides is 1. The SMILES string of the molecule is CCn1cc(CN(C(=O)C2CCCc3ccc(OCC4=CCC=CC=C4)cc32)C2=CCC=C(C(C)C)C=C2)cn1. The first kappa shape index (κ1) is 27.7. The van der Waals surface area contributed by atoms with Gasteiger partial charge in [-0.2, -0.15) is 5.10 Å². The first-order chi connectivity index (χ1) is 19.5. The third-order valence-corrected chi connectivity index (χ3v) is 7.93. The van der Waals surface area contributed by atoms with E-state index in [2.05, 4.69) is 98.8 Å². The molecule has 2 aromatic rings. The summed E-state index contributed by atoms with van der Waals surface area (Å²) in [5.41, 5.74) is 6.82. The molecule has 1 unspecified atom stereocenters. The van der Waals surface area contributed by atoms with Crippen molar-refractivity contribution < 1.29 is 9.53 Å². The van der Waals surface area contributed by atoms with Crippen LogP contribution in [0.1, 0.15) is 69.1 Å². The maximum absolute atomic E-state index is 14.5. The highest BCUT2D eigenvalue weighted by molar-refractivity contribution is 5.86. The van der Waals surface area contributed by atoms with Crippen LogP contribution in [0.5, 0.6) is 5.75 Å². The van der Waals surface area contributed by atoms with E-state index in [-0.39, 0.29) is 11.8 Å². The summed E-state index contributed by atoms with van der Waals surface area (Å²) in [6, 6.07) is 6.32. The monoisotopic (exact) mass is 535 g/mol. The highest BCUT2D eigenvalue weighted by atomic mass is 16.5. The second-order valence-corrected chi connectivity index (χ2v) is 11.1. The van der Waals surface area contributed by atoms with Crippen LogP contribution in [0.25, 0.3) is 0 Å². The van der Waals surface area contributed by atoms with Crippen LogP contribution in [0.3, 0.4) is 0 Å². The molecule has 1 heterocycles. The molecule has 1 amide bonds. The van der Waals surface area contributed by atoms with Gasteiger partial charge < -0.3 is 9.64 Å². The number of carbonyl (C=O) groups excluding carboxylic acids is 1. The summed E-state index contributed by atoms with van der Waals surface area (Å²) in [6.07, 6.45) is 27.8. The molecule has 0 bridgehead atoms. The quantitative estimate of drug-likeness (QED) is 0.332.